The Morgan fingerprint density at radius 2 is 1.51 bits per heavy atom. The Morgan fingerprint density at radius 1 is 0.809 bits per heavy atom. The lowest BCUT2D eigenvalue weighted by Gasteiger charge is -2.63. The van der Waals surface area contributed by atoms with Crippen molar-refractivity contribution < 1.29 is 62.2 Å². The zero-order valence-electron chi connectivity index (χ0n) is 60.4. The highest BCUT2D eigenvalue weighted by Crippen LogP contribution is 2.72. The molecule has 8 unspecified atom stereocenters. The third kappa shape index (κ3) is 18.1. The smallest absolute Gasteiger partial charge is 0.308 e. The molecule has 524 valence electrons. The number of ether oxygens (including phenoxy) is 8. The minimum Gasteiger partial charge on any atom is -0.462 e. The van der Waals surface area contributed by atoms with Gasteiger partial charge in [0.2, 0.25) is 12.6 Å². The molecule has 94 heavy (non-hydrogen) atoms. The van der Waals surface area contributed by atoms with Crippen LogP contribution in [0.2, 0.25) is 0 Å². The van der Waals surface area contributed by atoms with Crippen molar-refractivity contribution in [3.8, 4) is 0 Å². The summed E-state index contributed by atoms with van der Waals surface area (Å²) in [5.41, 5.74) is 5.91. The van der Waals surface area contributed by atoms with E-state index in [2.05, 4.69) is 58.3 Å². The lowest BCUT2D eigenvalue weighted by molar-refractivity contribution is -0.189. The zero-order chi connectivity index (χ0) is 68.7. The molecule has 2 aliphatic heterocycles. The van der Waals surface area contributed by atoms with Crippen LogP contribution in [0.1, 0.15) is 237 Å². The van der Waals surface area contributed by atoms with E-state index < -0.39 is 58.5 Å². The third-order valence-corrected chi connectivity index (χ3v) is 23.5. The van der Waals surface area contributed by atoms with Gasteiger partial charge in [-0.3, -0.25) is 24.5 Å². The van der Waals surface area contributed by atoms with Crippen molar-refractivity contribution >= 4 is 31.4 Å². The van der Waals surface area contributed by atoms with Gasteiger partial charge in [0.1, 0.15) is 39.0 Å². The largest absolute Gasteiger partial charge is 0.462 e. The molecule has 4 aliphatic carbocycles. The Balaban J connectivity index is 0.858. The predicted octanol–water partition coefficient (Wildman–Crippen LogP) is 13.2. The van der Waals surface area contributed by atoms with Gasteiger partial charge >= 0.3 is 11.9 Å². The number of esters is 2. The van der Waals surface area contributed by atoms with Crippen LogP contribution in [0.3, 0.4) is 0 Å². The summed E-state index contributed by atoms with van der Waals surface area (Å²) in [5, 5.41) is 18.1. The van der Waals surface area contributed by atoms with E-state index in [1.54, 1.807) is 19.1 Å². The van der Waals surface area contributed by atoms with E-state index in [0.29, 0.717) is 60.8 Å². The van der Waals surface area contributed by atoms with Crippen molar-refractivity contribution in [2.45, 2.75) is 285 Å². The summed E-state index contributed by atoms with van der Waals surface area (Å²) in [5.74, 6) is 1.83. The molecule has 2 heterocycles. The molecule has 0 spiro atoms. The lowest BCUT2D eigenvalue weighted by Crippen LogP contribution is -2.63. The molecule has 17 heteroatoms. The molecule has 0 radical (unpaired) electrons. The third-order valence-electron chi connectivity index (χ3n) is 23.5. The summed E-state index contributed by atoms with van der Waals surface area (Å²) in [4.78, 5) is 57.5. The lowest BCUT2D eigenvalue weighted by atomic mass is 9.41. The first kappa shape index (κ1) is 75.3. The van der Waals surface area contributed by atoms with Crippen LogP contribution >= 0.6 is 0 Å². The van der Waals surface area contributed by atoms with Crippen LogP contribution in [0, 0.1) is 51.8 Å². The highest BCUT2D eigenvalue weighted by molar-refractivity contribution is 6.14. The maximum Gasteiger partial charge on any atom is 0.308 e. The number of carbonyl (C=O) groups excluding carboxylic acids is 4. The first-order chi connectivity index (χ1) is 44.2. The van der Waals surface area contributed by atoms with Gasteiger partial charge in [0.25, 0.3) is 0 Å². The molecule has 2 aromatic carbocycles. The number of nitrogens with one attached hydrogen (secondary N) is 2. The Bertz CT molecular complexity index is 2940. The van der Waals surface area contributed by atoms with Crippen molar-refractivity contribution in [1.29, 1.82) is 0 Å². The normalized spacial score (nSPS) is 30.5. The number of nitrogens with two attached hydrogens (primary N) is 1. The minimum absolute atomic E-state index is 0.00299. The van der Waals surface area contributed by atoms with Crippen molar-refractivity contribution in [2.75, 3.05) is 26.3 Å². The van der Waals surface area contributed by atoms with Crippen LogP contribution in [0.4, 0.5) is 0 Å². The number of carbonyl (C=O) groups is 4. The second kappa shape index (κ2) is 31.2. The predicted molar refractivity (Wildman–Crippen MR) is 369 cm³/mol. The number of rotatable bonds is 35. The summed E-state index contributed by atoms with van der Waals surface area (Å²) in [6.07, 6.45) is 13.8. The van der Waals surface area contributed by atoms with Crippen LogP contribution < -0.4 is 16.4 Å². The SMILES string of the molecule is BC(C)(CCNC(C)(CC)C(=O)C(CC(=O)OCc1ccccc1)NC(C)(CCN)C(=O)CCC(=O)OC1CC[C@@]2(C)C(=CC[C@@]3(C)[C@@H]4CC[C@H]([C@@H](C)CCCC(C)C)[C@@]4(C)CC[C@@H]32)C1)OCCC(C)(C)OC/C(OC(O)c1ccccc1)=C1/OC2OC(C)(C)OC2[C@@H]1C. The minimum atomic E-state index is -1.37. The second-order valence-electron chi connectivity index (χ2n) is 32.4. The Hall–Kier alpha value is -4.46. The second-order valence-corrected chi connectivity index (χ2v) is 32.4. The van der Waals surface area contributed by atoms with Crippen LogP contribution in [-0.4, -0.2) is 115 Å². The van der Waals surface area contributed by atoms with Gasteiger partial charge in [-0.1, -0.05) is 147 Å². The van der Waals surface area contributed by atoms with Crippen LogP contribution in [0.25, 0.3) is 0 Å². The molecule has 2 aromatic rings. The fraction of sp³-hybridized carbons (Fsp3) is 0.740. The number of allylic oxidation sites excluding steroid dienone is 1. The number of benzene rings is 2. The maximum absolute atomic E-state index is 15.2. The van der Waals surface area contributed by atoms with E-state index in [1.165, 1.54) is 50.5 Å². The quantitative estimate of drug-likeness (QED) is 0.0166. The highest BCUT2D eigenvalue weighted by Gasteiger charge is 2.64. The summed E-state index contributed by atoms with van der Waals surface area (Å²) < 4.78 is 49.8. The van der Waals surface area contributed by atoms with Crippen molar-refractivity contribution in [2.24, 2.45) is 57.5 Å². The molecule has 6 aliphatic rings. The van der Waals surface area contributed by atoms with Gasteiger partial charge in [0.15, 0.2) is 23.1 Å². The number of ketones is 2. The summed E-state index contributed by atoms with van der Waals surface area (Å²) in [7, 11) is 2.00. The standard InChI is InChI=1S/C77H120BN3O13/c1-16-75(13,80-44-41-77(15,78)88-45-42-70(6,7)89-49-59(91-68(86)54-28-21-18-22-29-54)65-52(5)66-69(92-65)94-71(8,9)93-66)67(85)58(47-64(84)87-48-53-26-19-17-20-27-53)81-76(14,40-43-79)62(82)32-33-63(83)90-56-35-38-72(10)55(46-56)34-37-74(12)60-31-30-57(51(4)25-23-24-50(2)3)73(60,11)39-36-61(72)74/h17-22,26-29,34,50-52,56-58,60-61,66,68-69,80-81,86H,16,23-25,30-33,35-49,78-79H2,1-15H3/b65-59-/t51-,52+,56?,57+,58?,60+,61+,66?,68?,69?,72-,73+,74-,75?,76?,77?/m0/s1. The van der Waals surface area contributed by atoms with Crippen LogP contribution in [0.15, 0.2) is 83.8 Å². The number of hydrogen-bond donors (Lipinski definition) is 4. The van der Waals surface area contributed by atoms with Crippen molar-refractivity contribution in [3.05, 3.63) is 95.0 Å². The van der Waals surface area contributed by atoms with Gasteiger partial charge < -0.3 is 54.1 Å². The molecule has 16 nitrogen and oxygen atoms in total. The van der Waals surface area contributed by atoms with Crippen LogP contribution in [-0.2, 0) is 63.7 Å². The van der Waals surface area contributed by atoms with Gasteiger partial charge in [-0.15, -0.1) is 0 Å². The molecule has 3 saturated carbocycles. The van der Waals surface area contributed by atoms with E-state index in [1.807, 2.05) is 112 Å². The van der Waals surface area contributed by atoms with E-state index in [9.17, 15) is 19.5 Å². The maximum atomic E-state index is 15.2. The number of Topliss-reactive ketones (excluding diaryl/α,β-unsaturated/α-hetero) is 2. The summed E-state index contributed by atoms with van der Waals surface area (Å²) in [6, 6.07) is 17.3. The monoisotopic (exact) mass is 1310 g/mol. The number of fused-ring (bicyclic) bond motifs is 6. The Labute approximate surface area is 565 Å². The summed E-state index contributed by atoms with van der Waals surface area (Å²) >= 11 is 0. The molecule has 16 atom stereocenters. The first-order valence-electron chi connectivity index (χ1n) is 36.0. The van der Waals surface area contributed by atoms with Gasteiger partial charge in [-0.2, -0.15) is 0 Å². The summed E-state index contributed by atoms with van der Waals surface area (Å²) in [6.45, 7) is 32.9. The van der Waals surface area contributed by atoms with Gasteiger partial charge in [0.05, 0.1) is 35.6 Å². The fourth-order valence-electron chi connectivity index (χ4n) is 17.5. The molecule has 0 bridgehead atoms. The molecule has 2 saturated heterocycles. The molecule has 0 amide bonds. The van der Waals surface area contributed by atoms with Crippen molar-refractivity contribution in [1.82, 2.24) is 10.6 Å². The van der Waals surface area contributed by atoms with E-state index in [-0.39, 0.29) is 86.0 Å². The number of aliphatic hydroxyl groups is 1. The fourth-order valence-corrected chi connectivity index (χ4v) is 17.5. The molecule has 5 fully saturated rings. The number of aliphatic hydroxyl groups excluding tert-OH is 1. The Morgan fingerprint density at radius 3 is 2.18 bits per heavy atom. The first-order valence-corrected chi connectivity index (χ1v) is 36.0. The molecule has 5 N–H and O–H groups in total. The van der Waals surface area contributed by atoms with E-state index in [0.717, 1.165) is 54.9 Å². The zero-order valence-corrected chi connectivity index (χ0v) is 60.4. The van der Waals surface area contributed by atoms with Gasteiger partial charge in [-0.05, 0) is 184 Å². The highest BCUT2D eigenvalue weighted by atomic mass is 16.8. The van der Waals surface area contributed by atoms with Crippen LogP contribution in [0.5, 0.6) is 0 Å². The Kier molecular flexibility index (Phi) is 25.0. The molecule has 0 aromatic heterocycles. The molecular weight excluding hydrogens is 1190 g/mol. The average molecular weight is 1310 g/mol. The van der Waals surface area contributed by atoms with Gasteiger partial charge in [0, 0.05) is 36.4 Å². The van der Waals surface area contributed by atoms with Crippen molar-refractivity contribution in [3.63, 3.8) is 0 Å². The molecular formula is C77H120BN3O13. The van der Waals surface area contributed by atoms with E-state index in [4.69, 9.17) is 43.6 Å². The number of hydrogen-bond acceptors (Lipinski definition) is 16. The average Bonchev–Trinajstić information content (AvgIpc) is 1.23. The van der Waals surface area contributed by atoms with Gasteiger partial charge in [-0.25, -0.2) is 0 Å². The molecule has 8 rings (SSSR count). The topological polar surface area (TPSA) is 212 Å². The van der Waals surface area contributed by atoms with E-state index >= 15 is 4.79 Å².